The number of hydrogen-bond donors (Lipinski definition) is 3. The lowest BCUT2D eigenvalue weighted by Gasteiger charge is -2.28. The Bertz CT molecular complexity index is 933. The summed E-state index contributed by atoms with van der Waals surface area (Å²) in [7, 11) is 1.62. The molecule has 3 rings (SSSR count). The fourth-order valence-electron chi connectivity index (χ4n) is 3.47. The van der Waals surface area contributed by atoms with E-state index in [4.69, 9.17) is 11.1 Å². The Hall–Kier alpha value is -2.88. The summed E-state index contributed by atoms with van der Waals surface area (Å²) >= 11 is 0.832. The van der Waals surface area contributed by atoms with Crippen LogP contribution in [0, 0.1) is 17.0 Å². The van der Waals surface area contributed by atoms with Gasteiger partial charge in [-0.15, -0.1) is 0 Å². The Morgan fingerprint density at radius 2 is 1.93 bits per heavy atom. The number of carbonyl (C=O) groups excluding carboxylic acids is 1. The predicted molar refractivity (Wildman–Crippen MR) is 115 cm³/mol. The Morgan fingerprint density at radius 1 is 1.30 bits per heavy atom. The van der Waals surface area contributed by atoms with Crippen molar-refractivity contribution in [1.82, 2.24) is 15.2 Å². The number of thiazole rings is 1. The molecule has 1 aromatic heterocycles. The molecule has 10 heteroatoms. The smallest absolute Gasteiger partial charge is 0.273 e. The summed E-state index contributed by atoms with van der Waals surface area (Å²) in [4.78, 5) is 23.3. The summed E-state index contributed by atoms with van der Waals surface area (Å²) in [6.07, 6.45) is 5.42. The zero-order valence-electron chi connectivity index (χ0n) is 16.6. The molecule has 1 aliphatic heterocycles. The minimum Gasteiger partial charge on any atom is -0.389 e. The number of nitrogen functional groups attached to an aromatic ring is 1. The molecule has 2 aromatic rings. The van der Waals surface area contributed by atoms with Crippen molar-refractivity contribution in [2.45, 2.75) is 31.7 Å². The quantitative estimate of drug-likeness (QED) is 0.496. The van der Waals surface area contributed by atoms with Gasteiger partial charge in [0, 0.05) is 26.4 Å². The lowest BCUT2D eigenvalue weighted by molar-refractivity contribution is 0.0949. The average Bonchev–Trinajstić information content (AvgIpc) is 2.91. The van der Waals surface area contributed by atoms with E-state index < -0.39 is 23.6 Å². The highest BCUT2D eigenvalue weighted by Crippen LogP contribution is 2.33. The van der Waals surface area contributed by atoms with Crippen molar-refractivity contribution in [2.75, 3.05) is 25.9 Å². The Morgan fingerprint density at radius 3 is 2.50 bits per heavy atom. The molecule has 0 bridgehead atoms. The van der Waals surface area contributed by atoms with Crippen molar-refractivity contribution >= 4 is 34.3 Å². The maximum Gasteiger partial charge on any atom is 0.273 e. The lowest BCUT2D eigenvalue weighted by atomic mass is 10.2. The van der Waals surface area contributed by atoms with Crippen molar-refractivity contribution in [3.05, 3.63) is 35.5 Å². The molecule has 0 spiro atoms. The minimum absolute atomic E-state index is 0.0171. The topological polar surface area (TPSA) is 107 Å². The van der Waals surface area contributed by atoms with E-state index in [0.29, 0.717) is 5.84 Å². The highest BCUT2D eigenvalue weighted by Gasteiger charge is 2.26. The van der Waals surface area contributed by atoms with E-state index in [1.807, 2.05) is 0 Å². The first-order valence-electron chi connectivity index (χ1n) is 9.70. The van der Waals surface area contributed by atoms with Crippen LogP contribution in [0.15, 0.2) is 23.2 Å². The van der Waals surface area contributed by atoms with Crippen molar-refractivity contribution in [3.8, 4) is 10.6 Å². The molecule has 1 unspecified atom stereocenters. The number of benzene rings is 1. The highest BCUT2D eigenvalue weighted by molar-refractivity contribution is 7.19. The maximum absolute atomic E-state index is 14.1. The van der Waals surface area contributed by atoms with Crippen LogP contribution in [0.25, 0.3) is 10.6 Å². The number of nitrogens with zero attached hydrogens (tertiary/aromatic N) is 3. The first-order valence-corrected chi connectivity index (χ1v) is 10.5. The minimum atomic E-state index is -0.783. The van der Waals surface area contributed by atoms with E-state index in [9.17, 15) is 13.6 Å². The average molecular weight is 435 g/mol. The second kappa shape index (κ2) is 9.75. The number of nitrogens with one attached hydrogen (secondary N) is 2. The SMILES string of the molecule is CN=C(C(C=N)NC(=O)c1nc(-c2c(F)cccc2F)sc1N)N1CCCCCC1. The van der Waals surface area contributed by atoms with Crippen LogP contribution in [0.2, 0.25) is 0 Å². The number of aliphatic imine (C=N–C) groups is 1. The van der Waals surface area contributed by atoms with E-state index in [1.165, 1.54) is 6.07 Å². The van der Waals surface area contributed by atoms with Crippen molar-refractivity contribution in [1.29, 1.82) is 5.41 Å². The molecule has 160 valence electrons. The zero-order chi connectivity index (χ0) is 21.7. The Labute approximate surface area is 177 Å². The zero-order valence-corrected chi connectivity index (χ0v) is 17.4. The van der Waals surface area contributed by atoms with Crippen LogP contribution in [0.4, 0.5) is 13.8 Å². The monoisotopic (exact) mass is 434 g/mol. The molecule has 1 amide bonds. The van der Waals surface area contributed by atoms with E-state index in [0.717, 1.165) is 68.5 Å². The fourth-order valence-corrected chi connectivity index (χ4v) is 4.35. The molecule has 4 N–H and O–H groups in total. The third-order valence-electron chi connectivity index (χ3n) is 4.94. The molecule has 0 saturated carbocycles. The van der Waals surface area contributed by atoms with E-state index in [2.05, 4.69) is 20.2 Å². The lowest BCUT2D eigenvalue weighted by Crippen LogP contribution is -2.50. The number of likely N-dealkylation sites (tertiary alicyclic amines) is 1. The number of hydrogen-bond acceptors (Lipinski definition) is 6. The second-order valence-corrected chi connectivity index (χ2v) is 7.96. The van der Waals surface area contributed by atoms with Gasteiger partial charge < -0.3 is 21.4 Å². The van der Waals surface area contributed by atoms with Gasteiger partial charge in [-0.1, -0.05) is 30.2 Å². The fraction of sp³-hybridized carbons (Fsp3) is 0.400. The van der Waals surface area contributed by atoms with Gasteiger partial charge in [0.15, 0.2) is 5.69 Å². The van der Waals surface area contributed by atoms with Gasteiger partial charge in [-0.3, -0.25) is 9.79 Å². The second-order valence-electron chi connectivity index (χ2n) is 6.93. The summed E-state index contributed by atoms with van der Waals surface area (Å²) in [6.45, 7) is 1.62. The Balaban J connectivity index is 1.82. The van der Waals surface area contributed by atoms with Gasteiger partial charge in [0.05, 0.1) is 5.56 Å². The molecule has 0 radical (unpaired) electrons. The van der Waals surface area contributed by atoms with E-state index in [-0.39, 0.29) is 21.3 Å². The third kappa shape index (κ3) is 4.64. The number of nitrogens with two attached hydrogens (primary N) is 1. The summed E-state index contributed by atoms with van der Waals surface area (Å²) in [6, 6.07) is 2.73. The highest BCUT2D eigenvalue weighted by atomic mass is 32.1. The van der Waals surface area contributed by atoms with Gasteiger partial charge >= 0.3 is 0 Å². The van der Waals surface area contributed by atoms with Crippen LogP contribution in [0.5, 0.6) is 0 Å². The van der Waals surface area contributed by atoms with Crippen LogP contribution < -0.4 is 11.1 Å². The van der Waals surface area contributed by atoms with E-state index >= 15 is 0 Å². The molecule has 1 aliphatic rings. The van der Waals surface area contributed by atoms with Gasteiger partial charge in [0.25, 0.3) is 5.91 Å². The van der Waals surface area contributed by atoms with Crippen molar-refractivity contribution < 1.29 is 13.6 Å². The number of anilines is 1. The Kier molecular flexibility index (Phi) is 7.09. The standard InChI is InChI=1S/C20H24F2N6OS/c1-25-18(28-9-4-2-3-5-10-28)14(11-23)26-19(29)16-17(24)30-20(27-16)15-12(21)7-6-8-13(15)22/h6-8,11,14,23H,2-5,9-10,24H2,1H3,(H,26,29). The maximum atomic E-state index is 14.1. The molecule has 0 aliphatic carbocycles. The number of amidine groups is 1. The summed E-state index contributed by atoms with van der Waals surface area (Å²) in [5, 5.41) is 10.5. The molecule has 1 aromatic carbocycles. The molecular formula is C20H24F2N6OS. The van der Waals surface area contributed by atoms with Crippen LogP contribution >= 0.6 is 11.3 Å². The largest absolute Gasteiger partial charge is 0.389 e. The summed E-state index contributed by atoms with van der Waals surface area (Å²) < 4.78 is 28.1. The summed E-state index contributed by atoms with van der Waals surface area (Å²) in [5.41, 5.74) is 5.47. The van der Waals surface area contributed by atoms with Gasteiger partial charge in [-0.2, -0.15) is 0 Å². The molecule has 7 nitrogen and oxygen atoms in total. The third-order valence-corrected chi connectivity index (χ3v) is 5.84. The van der Waals surface area contributed by atoms with Crippen molar-refractivity contribution in [3.63, 3.8) is 0 Å². The number of rotatable bonds is 5. The molecule has 1 fully saturated rings. The van der Waals surface area contributed by atoms with Gasteiger partial charge in [0.1, 0.15) is 33.5 Å². The van der Waals surface area contributed by atoms with Crippen LogP contribution in [-0.4, -0.2) is 54.0 Å². The predicted octanol–water partition coefficient (Wildman–Crippen LogP) is 3.32. The van der Waals surface area contributed by atoms with Gasteiger partial charge in [0.2, 0.25) is 0 Å². The number of amides is 1. The molecule has 1 saturated heterocycles. The normalized spacial score (nSPS) is 16.1. The van der Waals surface area contributed by atoms with Crippen molar-refractivity contribution in [2.24, 2.45) is 4.99 Å². The van der Waals surface area contributed by atoms with E-state index in [1.54, 1.807) is 7.05 Å². The van der Waals surface area contributed by atoms with Crippen LogP contribution in [-0.2, 0) is 0 Å². The molecular weight excluding hydrogens is 410 g/mol. The molecule has 30 heavy (non-hydrogen) atoms. The molecule has 2 heterocycles. The number of carbonyl (C=O) groups is 1. The summed E-state index contributed by atoms with van der Waals surface area (Å²) in [5.74, 6) is -1.60. The van der Waals surface area contributed by atoms with Gasteiger partial charge in [-0.05, 0) is 25.0 Å². The van der Waals surface area contributed by atoms with Crippen LogP contribution in [0.3, 0.4) is 0 Å². The number of aromatic nitrogens is 1. The number of halogens is 2. The van der Waals surface area contributed by atoms with Gasteiger partial charge in [-0.25, -0.2) is 13.8 Å². The first-order chi connectivity index (χ1) is 14.5. The van der Waals surface area contributed by atoms with Crippen LogP contribution in [0.1, 0.15) is 36.2 Å². The first kappa shape index (κ1) is 21.8. The molecule has 1 atom stereocenters.